The zero-order valence-electron chi connectivity index (χ0n) is 15.8. The highest BCUT2D eigenvalue weighted by atomic mass is 16.7. The number of anilines is 1. The second-order valence-corrected chi connectivity index (χ2v) is 6.22. The van der Waals surface area contributed by atoms with Gasteiger partial charge in [-0.25, -0.2) is 4.79 Å². The molecule has 3 N–H and O–H groups in total. The topological polar surface area (TPSA) is 97.9 Å². The zero-order valence-corrected chi connectivity index (χ0v) is 15.8. The molecule has 1 aliphatic heterocycles. The molecule has 0 aliphatic carbocycles. The van der Waals surface area contributed by atoms with E-state index in [0.717, 1.165) is 11.3 Å². The number of amides is 3. The second-order valence-electron chi connectivity index (χ2n) is 6.22. The van der Waals surface area contributed by atoms with Gasteiger partial charge in [-0.2, -0.15) is 0 Å². The molecule has 0 spiro atoms. The van der Waals surface area contributed by atoms with Crippen LogP contribution in [-0.4, -0.2) is 31.3 Å². The van der Waals surface area contributed by atoms with Gasteiger partial charge in [-0.1, -0.05) is 12.1 Å². The Labute approximate surface area is 163 Å². The van der Waals surface area contributed by atoms with Crippen molar-refractivity contribution in [2.45, 2.75) is 26.5 Å². The van der Waals surface area contributed by atoms with E-state index in [2.05, 4.69) is 16.0 Å². The van der Waals surface area contributed by atoms with E-state index < -0.39 is 18.0 Å². The van der Waals surface area contributed by atoms with Gasteiger partial charge in [-0.05, 0) is 43.7 Å². The van der Waals surface area contributed by atoms with E-state index >= 15 is 0 Å². The van der Waals surface area contributed by atoms with Crippen molar-refractivity contribution < 1.29 is 23.8 Å². The van der Waals surface area contributed by atoms with E-state index in [4.69, 9.17) is 14.2 Å². The summed E-state index contributed by atoms with van der Waals surface area (Å²) in [5, 5.41) is 7.88. The molecule has 0 fully saturated rings. The first-order valence-corrected chi connectivity index (χ1v) is 9.01. The van der Waals surface area contributed by atoms with E-state index in [0.29, 0.717) is 30.4 Å². The number of nitrogens with one attached hydrogen (secondary N) is 3. The average molecular weight is 385 g/mol. The van der Waals surface area contributed by atoms with Crippen molar-refractivity contribution in [2.24, 2.45) is 0 Å². The molecule has 1 unspecified atom stereocenters. The van der Waals surface area contributed by atoms with Crippen molar-refractivity contribution in [3.63, 3.8) is 0 Å². The lowest BCUT2D eigenvalue weighted by atomic mass is 10.2. The Morgan fingerprint density at radius 2 is 1.96 bits per heavy atom. The van der Waals surface area contributed by atoms with Gasteiger partial charge >= 0.3 is 6.03 Å². The fourth-order valence-corrected chi connectivity index (χ4v) is 2.62. The Morgan fingerprint density at radius 1 is 1.14 bits per heavy atom. The van der Waals surface area contributed by atoms with Gasteiger partial charge in [-0.3, -0.25) is 10.1 Å². The molecule has 3 rings (SSSR count). The summed E-state index contributed by atoms with van der Waals surface area (Å²) in [6, 6.07) is 11.9. The van der Waals surface area contributed by atoms with Gasteiger partial charge in [0, 0.05) is 18.3 Å². The molecular weight excluding hydrogens is 362 g/mol. The number of hydrogen-bond acceptors (Lipinski definition) is 6. The maximum absolute atomic E-state index is 12.0. The quantitative estimate of drug-likeness (QED) is 0.678. The van der Waals surface area contributed by atoms with Crippen LogP contribution in [0.15, 0.2) is 42.5 Å². The van der Waals surface area contributed by atoms with E-state index in [1.807, 2.05) is 36.4 Å². The lowest BCUT2D eigenvalue weighted by Gasteiger charge is -2.15. The first kappa shape index (κ1) is 19.3. The lowest BCUT2D eigenvalue weighted by molar-refractivity contribution is -0.120. The van der Waals surface area contributed by atoms with Crippen LogP contribution in [0.3, 0.4) is 0 Å². The number of carbonyl (C=O) groups is 2. The molecule has 0 saturated carbocycles. The van der Waals surface area contributed by atoms with Gasteiger partial charge in [0.1, 0.15) is 18.4 Å². The molecule has 8 nitrogen and oxygen atoms in total. The van der Waals surface area contributed by atoms with Crippen LogP contribution < -0.4 is 30.2 Å². The molecule has 1 aliphatic rings. The molecule has 0 bridgehead atoms. The van der Waals surface area contributed by atoms with Gasteiger partial charge in [0.05, 0.1) is 0 Å². The molecule has 0 saturated heterocycles. The number of fused-ring (bicyclic) bond motifs is 1. The third-order valence-corrected chi connectivity index (χ3v) is 4.03. The molecule has 2 aromatic rings. The summed E-state index contributed by atoms with van der Waals surface area (Å²) in [4.78, 5) is 23.5. The number of benzene rings is 2. The first-order valence-electron chi connectivity index (χ1n) is 9.01. The summed E-state index contributed by atoms with van der Waals surface area (Å²) in [6.07, 6.45) is 0. The third kappa shape index (κ3) is 5.06. The maximum Gasteiger partial charge on any atom is 0.321 e. The fraction of sp³-hybridized carbons (Fsp3) is 0.300. The molecule has 1 heterocycles. The van der Waals surface area contributed by atoms with E-state index in [1.165, 1.54) is 0 Å². The van der Waals surface area contributed by atoms with Crippen LogP contribution in [0, 0.1) is 0 Å². The number of carbonyl (C=O) groups excluding carboxylic acids is 2. The van der Waals surface area contributed by atoms with Crippen LogP contribution in [0.5, 0.6) is 17.2 Å². The minimum absolute atomic E-state index is 0.221. The molecule has 1 atom stereocenters. The molecule has 0 aromatic heterocycles. The number of ether oxygens (including phenoxy) is 3. The Balaban J connectivity index is 1.55. The summed E-state index contributed by atoms with van der Waals surface area (Å²) in [6.45, 7) is 4.49. The normalized spacial score (nSPS) is 12.8. The summed E-state index contributed by atoms with van der Waals surface area (Å²) in [5.74, 6) is 1.64. The monoisotopic (exact) mass is 385 g/mol. The highest BCUT2D eigenvalue weighted by molar-refractivity contribution is 5.97. The molecule has 2 aromatic carbocycles. The van der Waals surface area contributed by atoms with Crippen molar-refractivity contribution in [3.8, 4) is 17.2 Å². The molecule has 3 amide bonds. The SMILES string of the molecule is CCNC(=O)NC(=O)C(C)Nc1cccc(COc2ccc3c(c2)OCO3)c1. The van der Waals surface area contributed by atoms with E-state index in [-0.39, 0.29) is 6.79 Å². The number of hydrogen-bond donors (Lipinski definition) is 3. The standard InChI is InChI=1S/C20H23N3O5/c1-3-21-20(25)23-19(24)13(2)22-15-6-4-5-14(9-15)11-26-16-7-8-17-18(10-16)28-12-27-17/h4-10,13,22H,3,11-12H2,1-2H3,(H2,21,23,24,25). The van der Waals surface area contributed by atoms with Crippen molar-refractivity contribution in [1.29, 1.82) is 0 Å². The average Bonchev–Trinajstić information content (AvgIpc) is 3.14. The highest BCUT2D eigenvalue weighted by Crippen LogP contribution is 2.35. The molecular formula is C20H23N3O5. The predicted octanol–water partition coefficient (Wildman–Crippen LogP) is 2.64. The molecule has 28 heavy (non-hydrogen) atoms. The minimum Gasteiger partial charge on any atom is -0.489 e. The fourth-order valence-electron chi connectivity index (χ4n) is 2.62. The van der Waals surface area contributed by atoms with Gasteiger partial charge in [-0.15, -0.1) is 0 Å². The Kier molecular flexibility index (Phi) is 6.21. The Hall–Kier alpha value is -3.42. The van der Waals surface area contributed by atoms with Crippen LogP contribution in [-0.2, 0) is 11.4 Å². The third-order valence-electron chi connectivity index (χ3n) is 4.03. The van der Waals surface area contributed by atoms with Crippen LogP contribution in [0.4, 0.5) is 10.5 Å². The van der Waals surface area contributed by atoms with Crippen LogP contribution in [0.25, 0.3) is 0 Å². The van der Waals surface area contributed by atoms with E-state index in [9.17, 15) is 9.59 Å². The maximum atomic E-state index is 12.0. The number of urea groups is 1. The van der Waals surface area contributed by atoms with Gasteiger partial charge < -0.3 is 24.8 Å². The summed E-state index contributed by atoms with van der Waals surface area (Å²) >= 11 is 0. The number of imide groups is 1. The van der Waals surface area contributed by atoms with Gasteiger partial charge in [0.15, 0.2) is 11.5 Å². The minimum atomic E-state index is -0.576. The van der Waals surface area contributed by atoms with Crippen LogP contribution >= 0.6 is 0 Å². The van der Waals surface area contributed by atoms with Crippen molar-refractivity contribution in [1.82, 2.24) is 10.6 Å². The Morgan fingerprint density at radius 3 is 2.79 bits per heavy atom. The molecule has 0 radical (unpaired) electrons. The smallest absolute Gasteiger partial charge is 0.321 e. The lowest BCUT2D eigenvalue weighted by Crippen LogP contribution is -2.45. The molecule has 8 heteroatoms. The van der Waals surface area contributed by atoms with Gasteiger partial charge in [0.25, 0.3) is 0 Å². The van der Waals surface area contributed by atoms with Crippen LogP contribution in [0.2, 0.25) is 0 Å². The van der Waals surface area contributed by atoms with Crippen molar-refractivity contribution >= 4 is 17.6 Å². The largest absolute Gasteiger partial charge is 0.489 e. The highest BCUT2D eigenvalue weighted by Gasteiger charge is 2.16. The van der Waals surface area contributed by atoms with Gasteiger partial charge in [0.2, 0.25) is 12.7 Å². The van der Waals surface area contributed by atoms with Crippen molar-refractivity contribution in [2.75, 3.05) is 18.7 Å². The second kappa shape index (κ2) is 8.98. The first-order chi connectivity index (χ1) is 13.5. The predicted molar refractivity (Wildman–Crippen MR) is 104 cm³/mol. The number of rotatable bonds is 7. The van der Waals surface area contributed by atoms with Crippen LogP contribution in [0.1, 0.15) is 19.4 Å². The summed E-state index contributed by atoms with van der Waals surface area (Å²) < 4.78 is 16.4. The van der Waals surface area contributed by atoms with Crippen molar-refractivity contribution in [3.05, 3.63) is 48.0 Å². The van der Waals surface area contributed by atoms with E-state index in [1.54, 1.807) is 19.9 Å². The Bertz CT molecular complexity index is 855. The zero-order chi connectivity index (χ0) is 19.9. The summed E-state index contributed by atoms with van der Waals surface area (Å²) in [7, 11) is 0. The molecule has 148 valence electrons. The summed E-state index contributed by atoms with van der Waals surface area (Å²) in [5.41, 5.74) is 1.68.